The fraction of sp³-hybridized carbons (Fsp3) is 0.364. The van der Waals surface area contributed by atoms with Crippen molar-refractivity contribution in [3.8, 4) is 0 Å². The molecule has 0 saturated heterocycles. The normalized spacial score (nSPS) is 10.4. The Morgan fingerprint density at radius 1 is 1.37 bits per heavy atom. The minimum Gasteiger partial charge on any atom is -0.368 e. The highest BCUT2D eigenvalue weighted by molar-refractivity contribution is 7.16. The van der Waals surface area contributed by atoms with Crippen LogP contribution in [-0.2, 0) is 0 Å². The number of fused-ring (bicyclic) bond motifs is 1. The smallest absolute Gasteiger partial charge is 0.312 e. The van der Waals surface area contributed by atoms with Crippen LogP contribution in [0.2, 0.25) is 0 Å². The highest BCUT2D eigenvalue weighted by Crippen LogP contribution is 2.26. The van der Waals surface area contributed by atoms with Crippen molar-refractivity contribution in [1.29, 1.82) is 0 Å². The number of urea groups is 1. The Morgan fingerprint density at radius 2 is 2.21 bits per heavy atom. The van der Waals surface area contributed by atoms with Crippen molar-refractivity contribution in [1.82, 2.24) is 15.3 Å². The number of nitrogens with two attached hydrogens (primary N) is 1. The van der Waals surface area contributed by atoms with Crippen LogP contribution in [0.15, 0.2) is 11.4 Å². The van der Waals surface area contributed by atoms with Gasteiger partial charge in [0.2, 0.25) is 5.95 Å². The van der Waals surface area contributed by atoms with Crippen LogP contribution in [0.4, 0.5) is 16.6 Å². The number of rotatable bonds is 6. The van der Waals surface area contributed by atoms with Gasteiger partial charge in [-0.05, 0) is 18.4 Å². The second-order valence-electron chi connectivity index (χ2n) is 3.78. The summed E-state index contributed by atoms with van der Waals surface area (Å²) in [6.07, 6.45) is 0. The number of thiophene rings is 1. The minimum absolute atomic E-state index is 0.446. The molecule has 19 heavy (non-hydrogen) atoms. The standard InChI is InChI=1S/C11H16N6OS/c1-2-13-11-16-8(14-4-5-15-10(12)18)7-3-6-19-9(7)17-11/h3,6H,2,4-5H2,1H3,(H3,12,15,18)(H2,13,14,16,17). The largest absolute Gasteiger partial charge is 0.368 e. The third kappa shape index (κ3) is 3.44. The molecule has 0 unspecified atom stereocenters. The molecule has 8 heteroatoms. The number of nitrogens with one attached hydrogen (secondary N) is 3. The zero-order valence-electron chi connectivity index (χ0n) is 10.6. The van der Waals surface area contributed by atoms with Crippen LogP contribution in [0.5, 0.6) is 0 Å². The Bertz CT molecular complexity index is 569. The highest BCUT2D eigenvalue weighted by atomic mass is 32.1. The van der Waals surface area contributed by atoms with E-state index in [9.17, 15) is 4.79 Å². The number of carbonyl (C=O) groups excluding carboxylic acids is 1. The summed E-state index contributed by atoms with van der Waals surface area (Å²) < 4.78 is 0. The predicted octanol–water partition coefficient (Wildman–Crippen LogP) is 1.20. The van der Waals surface area contributed by atoms with Crippen LogP contribution in [-0.4, -0.2) is 35.6 Å². The zero-order valence-corrected chi connectivity index (χ0v) is 11.4. The summed E-state index contributed by atoms with van der Waals surface area (Å²) in [7, 11) is 0. The summed E-state index contributed by atoms with van der Waals surface area (Å²) in [5, 5.41) is 11.7. The van der Waals surface area contributed by atoms with E-state index in [4.69, 9.17) is 5.73 Å². The van der Waals surface area contributed by atoms with Crippen LogP contribution >= 0.6 is 11.3 Å². The number of nitrogens with zero attached hydrogens (tertiary/aromatic N) is 2. The third-order valence-corrected chi connectivity index (χ3v) is 3.18. The Morgan fingerprint density at radius 3 is 2.95 bits per heavy atom. The van der Waals surface area contributed by atoms with Gasteiger partial charge >= 0.3 is 6.03 Å². The molecule has 2 aromatic heterocycles. The number of aromatic nitrogens is 2. The maximum absolute atomic E-state index is 10.6. The first-order chi connectivity index (χ1) is 9.20. The van der Waals surface area contributed by atoms with Gasteiger partial charge in [-0.25, -0.2) is 9.78 Å². The molecule has 0 aliphatic rings. The molecule has 0 aliphatic heterocycles. The lowest BCUT2D eigenvalue weighted by molar-refractivity contribution is 0.249. The molecule has 2 rings (SSSR count). The van der Waals surface area contributed by atoms with Crippen molar-refractivity contribution in [3.63, 3.8) is 0 Å². The van der Waals surface area contributed by atoms with Crippen molar-refractivity contribution in [2.24, 2.45) is 5.73 Å². The summed E-state index contributed by atoms with van der Waals surface area (Å²) in [6, 6.07) is 1.44. The lowest BCUT2D eigenvalue weighted by Gasteiger charge is -2.09. The van der Waals surface area contributed by atoms with E-state index >= 15 is 0 Å². The number of hydrogen-bond acceptors (Lipinski definition) is 6. The minimum atomic E-state index is -0.529. The van der Waals surface area contributed by atoms with E-state index in [0.717, 1.165) is 22.6 Å². The Balaban J connectivity index is 2.11. The Kier molecular flexibility index (Phi) is 4.35. The molecule has 2 aromatic rings. The van der Waals surface area contributed by atoms with Crippen LogP contribution in [0.3, 0.4) is 0 Å². The molecule has 0 radical (unpaired) electrons. The maximum atomic E-state index is 10.6. The van der Waals surface area contributed by atoms with Crippen molar-refractivity contribution < 1.29 is 4.79 Å². The summed E-state index contributed by atoms with van der Waals surface area (Å²) >= 11 is 1.56. The van der Waals surface area contributed by atoms with Gasteiger partial charge in [0.25, 0.3) is 0 Å². The molecular formula is C11H16N6OS. The van der Waals surface area contributed by atoms with Crippen molar-refractivity contribution >= 4 is 39.4 Å². The lowest BCUT2D eigenvalue weighted by Crippen LogP contribution is -2.33. The second kappa shape index (κ2) is 6.19. The number of primary amides is 1. The van der Waals surface area contributed by atoms with Gasteiger partial charge in [0, 0.05) is 19.6 Å². The molecule has 0 spiro atoms. The van der Waals surface area contributed by atoms with E-state index in [1.54, 1.807) is 11.3 Å². The molecule has 5 N–H and O–H groups in total. The van der Waals surface area contributed by atoms with Gasteiger partial charge in [0.1, 0.15) is 10.6 Å². The summed E-state index contributed by atoms with van der Waals surface area (Å²) in [5.74, 6) is 1.36. The molecule has 7 nitrogen and oxygen atoms in total. The zero-order chi connectivity index (χ0) is 13.7. The average Bonchev–Trinajstić information content (AvgIpc) is 2.83. The summed E-state index contributed by atoms with van der Waals surface area (Å²) in [5.41, 5.74) is 5.00. The quantitative estimate of drug-likeness (QED) is 0.595. The first-order valence-corrected chi connectivity index (χ1v) is 6.85. The van der Waals surface area contributed by atoms with E-state index in [1.165, 1.54) is 0 Å². The maximum Gasteiger partial charge on any atom is 0.312 e. The van der Waals surface area contributed by atoms with Crippen molar-refractivity contribution in [2.75, 3.05) is 30.3 Å². The fourth-order valence-electron chi connectivity index (χ4n) is 1.59. The van der Waals surface area contributed by atoms with Gasteiger partial charge in [0.15, 0.2) is 0 Å². The summed E-state index contributed by atoms with van der Waals surface area (Å²) in [6.45, 7) is 3.75. The van der Waals surface area contributed by atoms with E-state index in [-0.39, 0.29) is 0 Å². The molecule has 0 saturated carbocycles. The topological polar surface area (TPSA) is 105 Å². The van der Waals surface area contributed by atoms with Crippen molar-refractivity contribution in [2.45, 2.75) is 6.92 Å². The molecule has 2 amide bonds. The van der Waals surface area contributed by atoms with Crippen LogP contribution in [0.25, 0.3) is 10.2 Å². The molecule has 0 fully saturated rings. The first kappa shape index (κ1) is 13.3. The van der Waals surface area contributed by atoms with E-state index in [1.807, 2.05) is 18.4 Å². The molecule has 0 aromatic carbocycles. The van der Waals surface area contributed by atoms with Crippen LogP contribution in [0.1, 0.15) is 6.92 Å². The molecule has 0 bridgehead atoms. The van der Waals surface area contributed by atoms with Gasteiger partial charge in [-0.1, -0.05) is 0 Å². The van der Waals surface area contributed by atoms with Crippen LogP contribution < -0.4 is 21.7 Å². The monoisotopic (exact) mass is 280 g/mol. The molecule has 0 aliphatic carbocycles. The number of carbonyl (C=O) groups is 1. The van der Waals surface area contributed by atoms with E-state index in [2.05, 4.69) is 25.9 Å². The molecule has 102 valence electrons. The lowest BCUT2D eigenvalue weighted by atomic mass is 10.4. The fourth-order valence-corrected chi connectivity index (χ4v) is 2.36. The van der Waals surface area contributed by atoms with Gasteiger partial charge in [-0.15, -0.1) is 11.3 Å². The van der Waals surface area contributed by atoms with Gasteiger partial charge in [-0.2, -0.15) is 4.98 Å². The van der Waals surface area contributed by atoms with Gasteiger partial charge in [0.05, 0.1) is 5.39 Å². The van der Waals surface area contributed by atoms with Crippen molar-refractivity contribution in [3.05, 3.63) is 11.4 Å². The van der Waals surface area contributed by atoms with E-state index < -0.39 is 6.03 Å². The third-order valence-electron chi connectivity index (χ3n) is 2.38. The van der Waals surface area contributed by atoms with E-state index in [0.29, 0.717) is 19.0 Å². The second-order valence-corrected chi connectivity index (χ2v) is 4.68. The SMILES string of the molecule is CCNc1nc(NCCNC(N)=O)c2ccsc2n1. The predicted molar refractivity (Wildman–Crippen MR) is 77.7 cm³/mol. The molecular weight excluding hydrogens is 264 g/mol. The Labute approximate surface area is 114 Å². The Hall–Kier alpha value is -2.09. The van der Waals surface area contributed by atoms with Gasteiger partial charge < -0.3 is 21.7 Å². The number of hydrogen-bond donors (Lipinski definition) is 4. The first-order valence-electron chi connectivity index (χ1n) is 5.97. The average molecular weight is 280 g/mol. The summed E-state index contributed by atoms with van der Waals surface area (Å²) in [4.78, 5) is 20.3. The molecule has 2 heterocycles. The number of anilines is 2. The number of amides is 2. The van der Waals surface area contributed by atoms with Crippen LogP contribution in [0, 0.1) is 0 Å². The van der Waals surface area contributed by atoms with Gasteiger partial charge in [-0.3, -0.25) is 0 Å². The molecule has 0 atom stereocenters. The highest BCUT2D eigenvalue weighted by Gasteiger charge is 2.07.